The summed E-state index contributed by atoms with van der Waals surface area (Å²) in [5, 5.41) is 28.6. The van der Waals surface area contributed by atoms with E-state index in [-0.39, 0.29) is 60.6 Å². The Bertz CT molecular complexity index is 3580. The fraction of sp³-hybridized carbons (Fsp3) is 0.408. The molecule has 0 radical (unpaired) electrons. The van der Waals surface area contributed by atoms with Gasteiger partial charge in [0.25, 0.3) is 0 Å². The molecule has 6 aromatic carbocycles. The minimum Gasteiger partial charge on any atom is -0.480 e. The van der Waals surface area contributed by atoms with Gasteiger partial charge in [-0.25, -0.2) is 9.59 Å². The molecule has 2 aromatic heterocycles. The van der Waals surface area contributed by atoms with E-state index in [0.29, 0.717) is 70.6 Å². The number of carboxylic acid groups (broad SMARTS) is 1. The Morgan fingerprint density at radius 3 is 1.58 bits per heavy atom. The number of hydrogen-bond donors (Lipinski definition) is 6. The highest BCUT2D eigenvalue weighted by atomic mass is 32.2. The van der Waals surface area contributed by atoms with Crippen molar-refractivity contribution >= 4 is 102 Å². The summed E-state index contributed by atoms with van der Waals surface area (Å²) in [4.78, 5) is 84.9. The molecule has 4 amide bonds. The van der Waals surface area contributed by atoms with Crippen molar-refractivity contribution < 1.29 is 38.6 Å². The minimum atomic E-state index is -1.03. The Labute approximate surface area is 533 Å². The lowest BCUT2D eigenvalue weighted by Crippen LogP contribution is -2.51. The highest BCUT2D eigenvalue weighted by Crippen LogP contribution is 2.25. The highest BCUT2D eigenvalue weighted by molar-refractivity contribution is 7.98. The van der Waals surface area contributed by atoms with Gasteiger partial charge in [-0.05, 0) is 117 Å². The number of benzene rings is 6. The number of rotatable bonds is 34. The number of aliphatic carboxylic acids is 1. The van der Waals surface area contributed by atoms with Gasteiger partial charge in [0.2, 0.25) is 23.6 Å². The number of methoxy groups -OCH3 is 1. The third-order valence-corrected chi connectivity index (χ3v) is 18.1. The number of H-pyrrole nitrogens is 1. The van der Waals surface area contributed by atoms with Crippen molar-refractivity contribution in [3.8, 4) is 0 Å². The van der Waals surface area contributed by atoms with Crippen LogP contribution in [-0.2, 0) is 59.6 Å². The molecule has 8 aromatic rings. The molecule has 0 saturated heterocycles. The van der Waals surface area contributed by atoms with Gasteiger partial charge < -0.3 is 40.7 Å². The summed E-state index contributed by atoms with van der Waals surface area (Å²) in [7, 11) is 1.34. The van der Waals surface area contributed by atoms with Crippen molar-refractivity contribution in [1.82, 2.24) is 40.6 Å². The number of para-hydroxylation sites is 2. The lowest BCUT2D eigenvalue weighted by atomic mass is 9.97. The quantitative estimate of drug-likeness (QED) is 0.0208. The van der Waals surface area contributed by atoms with Crippen LogP contribution in [0.3, 0.4) is 0 Å². The molecule has 16 nitrogen and oxygen atoms in total. The van der Waals surface area contributed by atoms with Crippen LogP contribution < -0.4 is 21.3 Å². The van der Waals surface area contributed by atoms with Crippen molar-refractivity contribution in [3.05, 3.63) is 169 Å². The Balaban J connectivity index is 0.000000254. The number of ether oxygens (including phenoxy) is 1. The smallest absolute Gasteiger partial charge is 0.328 e. The van der Waals surface area contributed by atoms with Crippen molar-refractivity contribution in [2.24, 2.45) is 11.8 Å². The first-order valence-corrected chi connectivity index (χ1v) is 33.8. The van der Waals surface area contributed by atoms with Crippen molar-refractivity contribution in [2.75, 3.05) is 57.3 Å². The van der Waals surface area contributed by atoms with Crippen LogP contribution in [0.1, 0.15) is 82.9 Å². The van der Waals surface area contributed by atoms with Crippen LogP contribution in [0.25, 0.3) is 43.4 Å². The summed E-state index contributed by atoms with van der Waals surface area (Å²) in [5.41, 5.74) is 5.45. The van der Waals surface area contributed by atoms with Crippen LogP contribution in [0.15, 0.2) is 152 Å². The largest absolute Gasteiger partial charge is 0.480 e. The first-order chi connectivity index (χ1) is 43.1. The van der Waals surface area contributed by atoms with E-state index < -0.39 is 24.0 Å². The number of aromatic amines is 1. The Hall–Kier alpha value is -7.64. The molecule has 89 heavy (non-hydrogen) atoms. The Morgan fingerprint density at radius 2 is 1.04 bits per heavy atom. The highest BCUT2D eigenvalue weighted by Gasteiger charge is 2.28. The number of esters is 1. The molecule has 0 aliphatic rings. The van der Waals surface area contributed by atoms with Gasteiger partial charge in [0.15, 0.2) is 0 Å². The SMILES string of the molecule is CCC(C)C(CN(CC(=O)NC(CCSC)C(=O)O)Cc1cccc2ccccc12)NC(=O)CCc1c[nH]c2ccccc12.CCC(C)C(CN(CC(=O)NC(CCSC)C(=O)OC)Cc1cccc2ccccc12)NC(=O)CCn1ccc2ccccc21. The zero-order valence-electron chi connectivity index (χ0n) is 52.7. The maximum Gasteiger partial charge on any atom is 0.328 e. The van der Waals surface area contributed by atoms with Crippen molar-refractivity contribution in [3.63, 3.8) is 0 Å². The number of fused-ring (bicyclic) bond motifs is 4. The van der Waals surface area contributed by atoms with Crippen LogP contribution in [-0.4, -0.2) is 141 Å². The summed E-state index contributed by atoms with van der Waals surface area (Å²) in [5.74, 6) is -0.409. The van der Waals surface area contributed by atoms with E-state index >= 15 is 0 Å². The molecular weight excluding hydrogens is 1160 g/mol. The molecule has 0 spiro atoms. The van der Waals surface area contributed by atoms with Crippen LogP contribution in [0, 0.1) is 11.8 Å². The Kier molecular flexibility index (Phi) is 27.5. The zero-order valence-corrected chi connectivity index (χ0v) is 54.3. The topological polar surface area (TPSA) is 207 Å². The van der Waals surface area contributed by atoms with E-state index in [4.69, 9.17) is 4.74 Å². The minimum absolute atomic E-state index is 0.0181. The first kappa shape index (κ1) is 68.8. The van der Waals surface area contributed by atoms with Crippen molar-refractivity contribution in [2.45, 2.75) is 116 Å². The fourth-order valence-electron chi connectivity index (χ4n) is 11.3. The van der Waals surface area contributed by atoms with E-state index in [9.17, 15) is 33.9 Å². The standard InChI is InChI=1S/C36H46N4O4S.C35H44N4O4S/c1-5-26(2)32(38-34(41)18-21-40-20-17-28-12-7-9-16-33(28)40)24-39(23-29-14-10-13-27-11-6-8-15-30(27)29)25-35(42)37-31(19-22-45-4)36(43)44-3;1-4-24(2)32(38-33(40)17-16-26-20-36-30-15-8-7-14-29(26)30)22-39(23-34(41)37-31(35(42)43)18-19-44-3)21-27-12-9-11-25-10-5-6-13-28(25)27/h6-17,20,26,31-32H,5,18-19,21-25H2,1-4H3,(H,37,42)(H,38,41);5-15,20,24,31-32,36H,4,16-19,21-23H2,1-3H3,(H,37,41)(H,38,40)(H,42,43). The molecule has 0 bridgehead atoms. The number of aromatic nitrogens is 2. The van der Waals surface area contributed by atoms with Crippen LogP contribution >= 0.6 is 23.5 Å². The molecule has 6 N–H and O–H groups in total. The van der Waals surface area contributed by atoms with E-state index in [1.54, 1.807) is 23.5 Å². The summed E-state index contributed by atoms with van der Waals surface area (Å²) in [6.45, 7) is 11.1. The molecule has 0 aliphatic heterocycles. The lowest BCUT2D eigenvalue weighted by Gasteiger charge is -2.32. The maximum absolute atomic E-state index is 13.4. The third-order valence-electron chi connectivity index (χ3n) is 16.8. The van der Waals surface area contributed by atoms with E-state index in [1.807, 2.05) is 96.5 Å². The molecule has 0 aliphatic carbocycles. The molecule has 0 saturated carbocycles. The molecule has 0 fully saturated rings. The van der Waals surface area contributed by atoms with Gasteiger partial charge in [-0.1, -0.05) is 162 Å². The number of carbonyl (C=O) groups is 6. The lowest BCUT2D eigenvalue weighted by molar-refractivity contribution is -0.145. The second-order valence-electron chi connectivity index (χ2n) is 23.1. The summed E-state index contributed by atoms with van der Waals surface area (Å²) in [6, 6.07) is 45.0. The number of hydrogen-bond acceptors (Lipinski definition) is 11. The molecule has 6 atom stereocenters. The van der Waals surface area contributed by atoms with Gasteiger partial charge in [0.05, 0.1) is 20.2 Å². The van der Waals surface area contributed by atoms with Gasteiger partial charge in [-0.3, -0.25) is 29.0 Å². The van der Waals surface area contributed by atoms with Gasteiger partial charge in [-0.15, -0.1) is 0 Å². The van der Waals surface area contributed by atoms with Gasteiger partial charge in [-0.2, -0.15) is 23.5 Å². The number of amides is 4. The summed E-state index contributed by atoms with van der Waals surface area (Å²) < 4.78 is 7.07. The van der Waals surface area contributed by atoms with Gasteiger partial charge in [0.1, 0.15) is 12.1 Å². The van der Waals surface area contributed by atoms with Crippen molar-refractivity contribution in [1.29, 1.82) is 0 Å². The summed E-state index contributed by atoms with van der Waals surface area (Å²) in [6.07, 6.45) is 11.8. The predicted molar refractivity (Wildman–Crippen MR) is 364 cm³/mol. The molecule has 6 unspecified atom stereocenters. The number of thioether (sulfide) groups is 2. The molecule has 474 valence electrons. The number of aryl methyl sites for hydroxylation is 2. The normalized spacial score (nSPS) is 13.5. The molecule has 2 heterocycles. The zero-order chi connectivity index (χ0) is 63.7. The van der Waals surface area contributed by atoms with E-state index in [1.165, 1.54) is 7.11 Å². The average Bonchev–Trinajstić information content (AvgIpc) is 4.00. The second kappa shape index (κ2) is 35.5. The third kappa shape index (κ3) is 20.7. The van der Waals surface area contributed by atoms with Gasteiger partial charge in [0, 0.05) is 86.5 Å². The van der Waals surface area contributed by atoms with Gasteiger partial charge >= 0.3 is 11.9 Å². The van der Waals surface area contributed by atoms with E-state index in [0.717, 1.165) is 78.6 Å². The second-order valence-corrected chi connectivity index (χ2v) is 25.0. The van der Waals surface area contributed by atoms with E-state index in [2.05, 4.69) is 136 Å². The fourth-order valence-corrected chi connectivity index (χ4v) is 12.2. The van der Waals surface area contributed by atoms with Crippen LogP contribution in [0.5, 0.6) is 0 Å². The summed E-state index contributed by atoms with van der Waals surface area (Å²) >= 11 is 3.16. The number of carbonyl (C=O) groups excluding carboxylic acids is 5. The molecule has 18 heteroatoms. The molecular formula is C71H90N8O8S2. The maximum atomic E-state index is 13.4. The average molecular weight is 1250 g/mol. The number of nitrogens with zero attached hydrogens (tertiary/aromatic N) is 3. The Morgan fingerprint density at radius 1 is 0.562 bits per heavy atom. The van der Waals surface area contributed by atoms with Crippen LogP contribution in [0.4, 0.5) is 0 Å². The predicted octanol–water partition coefficient (Wildman–Crippen LogP) is 11.2. The molecule has 8 rings (SSSR count). The number of carboxylic acids is 1. The monoisotopic (exact) mass is 1250 g/mol. The number of nitrogens with one attached hydrogen (secondary N) is 5. The first-order valence-electron chi connectivity index (χ1n) is 31.0. The van der Waals surface area contributed by atoms with Crippen LogP contribution in [0.2, 0.25) is 0 Å².